The summed E-state index contributed by atoms with van der Waals surface area (Å²) in [6, 6.07) is 8.78. The standard InChI is InChI=1S/C11H12N4O2/c12-9(6-11(16)17)10-7-15(14-13-10)8-4-2-1-3-5-8/h1-5,7,9H,6,12H2,(H,16,17). The van der Waals surface area contributed by atoms with Crippen LogP contribution in [0.1, 0.15) is 18.2 Å². The molecule has 0 aliphatic carbocycles. The molecule has 0 bridgehead atoms. The number of carboxylic acid groups (broad SMARTS) is 1. The Bertz CT molecular complexity index is 509. The topological polar surface area (TPSA) is 94.0 Å². The van der Waals surface area contributed by atoms with Crippen molar-refractivity contribution >= 4 is 5.97 Å². The van der Waals surface area contributed by atoms with Gasteiger partial charge in [0.1, 0.15) is 5.69 Å². The molecule has 0 saturated heterocycles. The Morgan fingerprint density at radius 2 is 2.12 bits per heavy atom. The molecule has 88 valence electrons. The lowest BCUT2D eigenvalue weighted by Crippen LogP contribution is -2.15. The molecule has 17 heavy (non-hydrogen) atoms. The van der Waals surface area contributed by atoms with Crippen molar-refractivity contribution in [2.45, 2.75) is 12.5 Å². The first-order valence-electron chi connectivity index (χ1n) is 5.12. The van der Waals surface area contributed by atoms with Crippen LogP contribution in [0.3, 0.4) is 0 Å². The molecule has 6 nitrogen and oxygen atoms in total. The van der Waals surface area contributed by atoms with Crippen molar-refractivity contribution in [3.63, 3.8) is 0 Å². The zero-order chi connectivity index (χ0) is 12.3. The van der Waals surface area contributed by atoms with Crippen LogP contribution in [0.15, 0.2) is 36.5 Å². The molecule has 2 rings (SSSR count). The highest BCUT2D eigenvalue weighted by Gasteiger charge is 2.14. The summed E-state index contributed by atoms with van der Waals surface area (Å²) in [5.41, 5.74) is 7.01. The number of hydrogen-bond donors (Lipinski definition) is 2. The molecule has 0 aliphatic rings. The summed E-state index contributed by atoms with van der Waals surface area (Å²) in [5.74, 6) is -0.952. The van der Waals surface area contributed by atoms with Gasteiger partial charge < -0.3 is 10.8 Å². The molecule has 1 atom stereocenters. The van der Waals surface area contributed by atoms with Gasteiger partial charge in [0, 0.05) is 0 Å². The first-order valence-corrected chi connectivity index (χ1v) is 5.12. The van der Waals surface area contributed by atoms with Crippen LogP contribution in [0, 0.1) is 0 Å². The minimum atomic E-state index is -0.952. The average Bonchev–Trinajstić information content (AvgIpc) is 2.78. The molecule has 0 aliphatic heterocycles. The van der Waals surface area contributed by atoms with Gasteiger partial charge in [0.25, 0.3) is 0 Å². The van der Waals surface area contributed by atoms with E-state index in [-0.39, 0.29) is 6.42 Å². The van der Waals surface area contributed by atoms with Crippen molar-refractivity contribution in [2.24, 2.45) is 5.73 Å². The molecule has 2 aromatic rings. The van der Waals surface area contributed by atoms with Crippen LogP contribution in [0.2, 0.25) is 0 Å². The summed E-state index contributed by atoms with van der Waals surface area (Å²) in [5, 5.41) is 16.4. The highest BCUT2D eigenvalue weighted by atomic mass is 16.4. The monoisotopic (exact) mass is 232 g/mol. The molecule has 0 fully saturated rings. The van der Waals surface area contributed by atoms with Crippen LogP contribution in [0.25, 0.3) is 5.69 Å². The van der Waals surface area contributed by atoms with Gasteiger partial charge in [-0.25, -0.2) is 4.68 Å². The third kappa shape index (κ3) is 2.67. The highest BCUT2D eigenvalue weighted by Crippen LogP contribution is 2.12. The predicted octanol–water partition coefficient (Wildman–Crippen LogP) is 0.742. The number of aromatic nitrogens is 3. The minimum Gasteiger partial charge on any atom is -0.481 e. The molecule has 3 N–H and O–H groups in total. The number of hydrogen-bond acceptors (Lipinski definition) is 4. The minimum absolute atomic E-state index is 0.159. The van der Waals surface area contributed by atoms with Crippen molar-refractivity contribution in [2.75, 3.05) is 0 Å². The largest absolute Gasteiger partial charge is 0.481 e. The summed E-state index contributed by atoms with van der Waals surface area (Å²) >= 11 is 0. The second-order valence-corrected chi connectivity index (χ2v) is 3.63. The van der Waals surface area contributed by atoms with E-state index in [1.54, 1.807) is 10.9 Å². The summed E-state index contributed by atoms with van der Waals surface area (Å²) < 4.78 is 1.57. The van der Waals surface area contributed by atoms with E-state index >= 15 is 0 Å². The zero-order valence-corrected chi connectivity index (χ0v) is 9.02. The molecule has 6 heteroatoms. The van der Waals surface area contributed by atoms with E-state index in [0.717, 1.165) is 5.69 Å². The van der Waals surface area contributed by atoms with E-state index in [4.69, 9.17) is 10.8 Å². The number of rotatable bonds is 4. The normalized spacial score (nSPS) is 12.3. The van der Waals surface area contributed by atoms with Gasteiger partial charge in [0.15, 0.2) is 0 Å². The average molecular weight is 232 g/mol. The van der Waals surface area contributed by atoms with Crippen molar-refractivity contribution in [1.29, 1.82) is 0 Å². The van der Waals surface area contributed by atoms with Crippen LogP contribution in [0.5, 0.6) is 0 Å². The van der Waals surface area contributed by atoms with Crippen molar-refractivity contribution in [3.05, 3.63) is 42.2 Å². The van der Waals surface area contributed by atoms with Crippen molar-refractivity contribution in [1.82, 2.24) is 15.0 Å². The second-order valence-electron chi connectivity index (χ2n) is 3.63. The van der Waals surface area contributed by atoms with Crippen molar-refractivity contribution in [3.8, 4) is 5.69 Å². The molecular weight excluding hydrogens is 220 g/mol. The fourth-order valence-corrected chi connectivity index (χ4v) is 1.45. The molecule has 1 heterocycles. The molecule has 1 aromatic heterocycles. The molecule has 1 unspecified atom stereocenters. The van der Waals surface area contributed by atoms with Gasteiger partial charge in [-0.15, -0.1) is 5.10 Å². The Morgan fingerprint density at radius 1 is 1.41 bits per heavy atom. The van der Waals surface area contributed by atoms with Crippen molar-refractivity contribution < 1.29 is 9.90 Å². The van der Waals surface area contributed by atoms with Crippen LogP contribution in [-0.2, 0) is 4.79 Å². The van der Waals surface area contributed by atoms with Gasteiger partial charge in [0.2, 0.25) is 0 Å². The Balaban J connectivity index is 2.19. The maximum Gasteiger partial charge on any atom is 0.305 e. The van der Waals surface area contributed by atoms with Gasteiger partial charge in [-0.1, -0.05) is 23.4 Å². The Kier molecular flexibility index (Phi) is 3.15. The van der Waals surface area contributed by atoms with Crippen LogP contribution < -0.4 is 5.73 Å². The molecule has 0 amide bonds. The van der Waals surface area contributed by atoms with E-state index in [2.05, 4.69) is 10.3 Å². The summed E-state index contributed by atoms with van der Waals surface area (Å²) in [6.07, 6.45) is 1.48. The molecule has 1 aromatic carbocycles. The number of nitrogens with two attached hydrogens (primary N) is 1. The van der Waals surface area contributed by atoms with Gasteiger partial charge >= 0.3 is 5.97 Å². The van der Waals surface area contributed by atoms with Crippen LogP contribution in [0.4, 0.5) is 0 Å². The molecular formula is C11H12N4O2. The van der Waals surface area contributed by atoms with Crippen LogP contribution >= 0.6 is 0 Å². The zero-order valence-electron chi connectivity index (χ0n) is 9.02. The summed E-state index contributed by atoms with van der Waals surface area (Å²) in [7, 11) is 0. The first kappa shape index (κ1) is 11.3. The Morgan fingerprint density at radius 3 is 2.76 bits per heavy atom. The van der Waals surface area contributed by atoms with Gasteiger partial charge in [-0.05, 0) is 12.1 Å². The molecule has 0 spiro atoms. The molecule has 0 saturated carbocycles. The second kappa shape index (κ2) is 4.75. The van der Waals surface area contributed by atoms with E-state index in [1.807, 2.05) is 30.3 Å². The third-order valence-corrected chi connectivity index (χ3v) is 2.31. The molecule has 0 radical (unpaired) electrons. The quantitative estimate of drug-likeness (QED) is 0.810. The number of para-hydroxylation sites is 1. The lowest BCUT2D eigenvalue weighted by atomic mass is 10.2. The van der Waals surface area contributed by atoms with Gasteiger partial charge in [0.05, 0.1) is 24.3 Å². The van der Waals surface area contributed by atoms with E-state index < -0.39 is 12.0 Å². The number of carboxylic acids is 1. The summed E-state index contributed by atoms with van der Waals surface area (Å²) in [6.45, 7) is 0. The number of benzene rings is 1. The SMILES string of the molecule is NC(CC(=O)O)c1cn(-c2ccccc2)nn1. The third-order valence-electron chi connectivity index (χ3n) is 2.31. The number of aliphatic carboxylic acids is 1. The number of carbonyl (C=O) groups is 1. The predicted molar refractivity (Wildman–Crippen MR) is 60.5 cm³/mol. The Labute approximate surface area is 97.7 Å². The first-order chi connectivity index (χ1) is 8.16. The summed E-state index contributed by atoms with van der Waals surface area (Å²) in [4.78, 5) is 10.5. The number of nitrogens with zero attached hydrogens (tertiary/aromatic N) is 3. The van der Waals surface area contributed by atoms with E-state index in [9.17, 15) is 4.79 Å². The highest BCUT2D eigenvalue weighted by molar-refractivity contribution is 5.67. The maximum absolute atomic E-state index is 10.5. The fraction of sp³-hybridized carbons (Fsp3) is 0.182. The lowest BCUT2D eigenvalue weighted by molar-refractivity contribution is -0.137. The smallest absolute Gasteiger partial charge is 0.305 e. The lowest BCUT2D eigenvalue weighted by Gasteiger charge is -2.02. The van der Waals surface area contributed by atoms with E-state index in [1.165, 1.54) is 0 Å². The van der Waals surface area contributed by atoms with Crippen LogP contribution in [-0.4, -0.2) is 26.1 Å². The van der Waals surface area contributed by atoms with Gasteiger partial charge in [-0.2, -0.15) is 0 Å². The fourth-order valence-electron chi connectivity index (χ4n) is 1.45. The van der Waals surface area contributed by atoms with Gasteiger partial charge in [-0.3, -0.25) is 4.79 Å². The Hall–Kier alpha value is -2.21. The van der Waals surface area contributed by atoms with E-state index in [0.29, 0.717) is 5.69 Å². The maximum atomic E-state index is 10.5.